The van der Waals surface area contributed by atoms with Crippen molar-refractivity contribution in [3.63, 3.8) is 0 Å². The van der Waals surface area contributed by atoms with Crippen molar-refractivity contribution in [1.29, 1.82) is 0 Å². The fraction of sp³-hybridized carbons (Fsp3) is 0.364. The molecule has 3 heteroatoms. The molecule has 0 saturated carbocycles. The third kappa shape index (κ3) is 2.03. The molecule has 1 aromatic rings. The van der Waals surface area contributed by atoms with Crippen LogP contribution in [0.3, 0.4) is 0 Å². The first-order valence-corrected chi connectivity index (χ1v) is 4.78. The number of nitrogens with zero attached hydrogens (tertiary/aromatic N) is 1. The highest BCUT2D eigenvalue weighted by molar-refractivity contribution is 5.47. The molecule has 75 valence electrons. The van der Waals surface area contributed by atoms with Gasteiger partial charge in [-0.15, -0.1) is 0 Å². The molecule has 0 atom stereocenters. The third-order valence-corrected chi connectivity index (χ3v) is 2.40. The molecule has 1 heterocycles. The van der Waals surface area contributed by atoms with E-state index in [0.717, 1.165) is 32.0 Å². The second-order valence-electron chi connectivity index (χ2n) is 3.50. The van der Waals surface area contributed by atoms with Crippen molar-refractivity contribution < 1.29 is 8.78 Å². The molecule has 0 aliphatic carbocycles. The molecular formula is C11H12F2N. The summed E-state index contributed by atoms with van der Waals surface area (Å²) in [5.41, 5.74) is 0.637. The Morgan fingerprint density at radius 1 is 1.07 bits per heavy atom. The Morgan fingerprint density at radius 3 is 2.36 bits per heavy atom. The van der Waals surface area contributed by atoms with E-state index in [4.69, 9.17) is 0 Å². The molecule has 2 rings (SSSR count). The number of anilines is 1. The molecule has 0 spiro atoms. The average Bonchev–Trinajstić information content (AvgIpc) is 2.18. The standard InChI is InChI=1S/C11H12F2N/c12-9-6-10(13)8-11(7-9)14-4-2-1-3-5-14/h2,6-8H,1,3-5H2. The van der Waals surface area contributed by atoms with E-state index >= 15 is 0 Å². The quantitative estimate of drug-likeness (QED) is 0.667. The number of piperidine rings is 1. The van der Waals surface area contributed by atoms with Gasteiger partial charge in [0.05, 0.1) is 0 Å². The van der Waals surface area contributed by atoms with Crippen LogP contribution in [0.1, 0.15) is 12.8 Å². The van der Waals surface area contributed by atoms with Gasteiger partial charge in [-0.2, -0.15) is 0 Å². The van der Waals surface area contributed by atoms with Gasteiger partial charge in [0.15, 0.2) is 0 Å². The third-order valence-electron chi connectivity index (χ3n) is 2.40. The fourth-order valence-corrected chi connectivity index (χ4v) is 1.72. The summed E-state index contributed by atoms with van der Waals surface area (Å²) in [6.07, 6.45) is 4.28. The summed E-state index contributed by atoms with van der Waals surface area (Å²) in [5.74, 6) is -1.02. The lowest BCUT2D eigenvalue weighted by atomic mass is 10.1. The molecule has 1 aromatic carbocycles. The van der Waals surface area contributed by atoms with Crippen LogP contribution in [0.2, 0.25) is 0 Å². The first-order valence-electron chi connectivity index (χ1n) is 4.78. The van der Waals surface area contributed by atoms with E-state index in [1.165, 1.54) is 12.1 Å². The molecule has 1 saturated heterocycles. The Kier molecular flexibility index (Phi) is 2.66. The van der Waals surface area contributed by atoms with Gasteiger partial charge < -0.3 is 4.90 Å². The van der Waals surface area contributed by atoms with Crippen LogP contribution in [-0.4, -0.2) is 13.1 Å². The molecule has 0 bridgehead atoms. The zero-order valence-electron chi connectivity index (χ0n) is 7.84. The number of halogens is 2. The Labute approximate surface area is 82.3 Å². The molecule has 14 heavy (non-hydrogen) atoms. The number of benzene rings is 1. The lowest BCUT2D eigenvalue weighted by Gasteiger charge is -2.28. The van der Waals surface area contributed by atoms with Crippen molar-refractivity contribution in [2.24, 2.45) is 0 Å². The molecule has 1 aliphatic rings. The van der Waals surface area contributed by atoms with E-state index in [1.54, 1.807) is 0 Å². The highest BCUT2D eigenvalue weighted by Gasteiger charge is 2.12. The molecule has 1 aliphatic heterocycles. The minimum absolute atomic E-state index is 0.509. The number of hydrogen-bond donors (Lipinski definition) is 0. The fourth-order valence-electron chi connectivity index (χ4n) is 1.72. The molecule has 1 nitrogen and oxygen atoms in total. The Hall–Kier alpha value is -1.12. The van der Waals surface area contributed by atoms with Gasteiger partial charge in [-0.3, -0.25) is 0 Å². The first kappa shape index (κ1) is 9.44. The van der Waals surface area contributed by atoms with Crippen LogP contribution in [0.15, 0.2) is 18.2 Å². The van der Waals surface area contributed by atoms with E-state index in [2.05, 4.69) is 6.42 Å². The zero-order valence-corrected chi connectivity index (χ0v) is 7.84. The molecule has 1 fully saturated rings. The minimum Gasteiger partial charge on any atom is -0.371 e. The van der Waals surface area contributed by atoms with E-state index in [-0.39, 0.29) is 0 Å². The Balaban J connectivity index is 2.21. The predicted molar refractivity (Wildman–Crippen MR) is 52.1 cm³/mol. The second kappa shape index (κ2) is 3.95. The van der Waals surface area contributed by atoms with E-state index in [9.17, 15) is 8.78 Å². The zero-order chi connectivity index (χ0) is 9.97. The van der Waals surface area contributed by atoms with E-state index in [1.807, 2.05) is 4.90 Å². The Morgan fingerprint density at radius 2 is 1.79 bits per heavy atom. The van der Waals surface area contributed by atoms with Crippen LogP contribution < -0.4 is 4.90 Å². The summed E-state index contributed by atoms with van der Waals surface area (Å²) < 4.78 is 25.8. The number of rotatable bonds is 1. The largest absolute Gasteiger partial charge is 0.371 e. The van der Waals surface area contributed by atoms with Gasteiger partial charge in [0.2, 0.25) is 0 Å². The van der Waals surface area contributed by atoms with Crippen molar-refractivity contribution in [1.82, 2.24) is 0 Å². The summed E-state index contributed by atoms with van der Waals surface area (Å²) in [5, 5.41) is 0. The van der Waals surface area contributed by atoms with Crippen molar-refractivity contribution in [3.8, 4) is 0 Å². The van der Waals surface area contributed by atoms with Crippen molar-refractivity contribution in [2.75, 3.05) is 18.0 Å². The predicted octanol–water partition coefficient (Wildman–Crippen LogP) is 2.77. The normalized spacial score (nSPS) is 17.1. The van der Waals surface area contributed by atoms with Crippen molar-refractivity contribution in [3.05, 3.63) is 36.3 Å². The van der Waals surface area contributed by atoms with Gasteiger partial charge in [0.1, 0.15) is 11.6 Å². The summed E-state index contributed by atoms with van der Waals surface area (Å²) in [6.45, 7) is 1.66. The van der Waals surface area contributed by atoms with Crippen LogP contribution in [-0.2, 0) is 0 Å². The molecule has 1 radical (unpaired) electrons. The van der Waals surface area contributed by atoms with Crippen LogP contribution in [0, 0.1) is 18.1 Å². The monoisotopic (exact) mass is 196 g/mol. The van der Waals surface area contributed by atoms with Gasteiger partial charge in [-0.1, -0.05) is 0 Å². The van der Waals surface area contributed by atoms with Gasteiger partial charge in [0, 0.05) is 24.8 Å². The molecule has 0 N–H and O–H groups in total. The van der Waals surface area contributed by atoms with E-state index in [0.29, 0.717) is 5.69 Å². The topological polar surface area (TPSA) is 3.24 Å². The summed E-state index contributed by atoms with van der Waals surface area (Å²) in [6, 6.07) is 3.65. The lowest BCUT2D eigenvalue weighted by molar-refractivity contribution is 0.579. The molecular weight excluding hydrogens is 184 g/mol. The molecule has 0 amide bonds. The number of hydrogen-bond acceptors (Lipinski definition) is 1. The van der Waals surface area contributed by atoms with E-state index < -0.39 is 11.6 Å². The first-order chi connectivity index (χ1) is 6.75. The smallest absolute Gasteiger partial charge is 0.128 e. The van der Waals surface area contributed by atoms with Crippen LogP contribution >= 0.6 is 0 Å². The van der Waals surface area contributed by atoms with Crippen molar-refractivity contribution in [2.45, 2.75) is 12.8 Å². The van der Waals surface area contributed by atoms with Gasteiger partial charge in [0.25, 0.3) is 0 Å². The van der Waals surface area contributed by atoms with Gasteiger partial charge in [-0.25, -0.2) is 8.78 Å². The van der Waals surface area contributed by atoms with Crippen LogP contribution in [0.4, 0.5) is 14.5 Å². The maximum Gasteiger partial charge on any atom is 0.128 e. The van der Waals surface area contributed by atoms with Gasteiger partial charge in [-0.05, 0) is 31.4 Å². The maximum atomic E-state index is 12.9. The highest BCUT2D eigenvalue weighted by atomic mass is 19.1. The van der Waals surface area contributed by atoms with Crippen LogP contribution in [0.25, 0.3) is 0 Å². The van der Waals surface area contributed by atoms with Crippen molar-refractivity contribution >= 4 is 5.69 Å². The minimum atomic E-state index is -0.509. The lowest BCUT2D eigenvalue weighted by Crippen LogP contribution is -2.29. The van der Waals surface area contributed by atoms with Crippen LogP contribution in [0.5, 0.6) is 0 Å². The Bertz CT molecular complexity index is 299. The SMILES string of the molecule is Fc1cc(F)cc(N2C[CH]CCC2)c1. The molecule has 0 unspecified atom stereocenters. The average molecular weight is 196 g/mol. The second-order valence-corrected chi connectivity index (χ2v) is 3.50. The molecule has 0 aromatic heterocycles. The summed E-state index contributed by atoms with van der Waals surface area (Å²) in [7, 11) is 0. The highest BCUT2D eigenvalue weighted by Crippen LogP contribution is 2.21. The maximum absolute atomic E-state index is 12.9. The van der Waals surface area contributed by atoms with Gasteiger partial charge >= 0.3 is 0 Å². The summed E-state index contributed by atoms with van der Waals surface area (Å²) in [4.78, 5) is 1.98. The summed E-state index contributed by atoms with van der Waals surface area (Å²) >= 11 is 0.